The topological polar surface area (TPSA) is 38.5 Å². The predicted octanol–water partition coefficient (Wildman–Crippen LogP) is 2.58. The van der Waals surface area contributed by atoms with Crippen molar-refractivity contribution in [3.8, 4) is 0 Å². The molecule has 1 saturated heterocycles. The lowest BCUT2D eigenvalue weighted by Crippen LogP contribution is -2.47. The van der Waals surface area contributed by atoms with Crippen LogP contribution in [0.3, 0.4) is 0 Å². The zero-order chi connectivity index (χ0) is 12.5. The SMILES string of the molecule is COC1(C)CCCN(c2cc(N)ccc2C)C1. The second-order valence-corrected chi connectivity index (χ2v) is 5.23. The van der Waals surface area contributed by atoms with Crippen LogP contribution < -0.4 is 10.6 Å². The van der Waals surface area contributed by atoms with Gasteiger partial charge in [-0.25, -0.2) is 0 Å². The number of piperidine rings is 1. The van der Waals surface area contributed by atoms with Crippen LogP contribution in [0.1, 0.15) is 25.3 Å². The van der Waals surface area contributed by atoms with Crippen molar-refractivity contribution in [2.45, 2.75) is 32.3 Å². The normalized spacial score (nSPS) is 25.0. The number of anilines is 2. The van der Waals surface area contributed by atoms with E-state index >= 15 is 0 Å². The maximum Gasteiger partial charge on any atom is 0.0825 e. The summed E-state index contributed by atoms with van der Waals surface area (Å²) in [7, 11) is 1.80. The first kappa shape index (κ1) is 12.2. The molecule has 0 aliphatic carbocycles. The van der Waals surface area contributed by atoms with E-state index in [0.717, 1.165) is 25.2 Å². The zero-order valence-corrected chi connectivity index (χ0v) is 11.0. The minimum Gasteiger partial charge on any atom is -0.399 e. The summed E-state index contributed by atoms with van der Waals surface area (Å²) in [5, 5.41) is 0. The number of methoxy groups -OCH3 is 1. The van der Waals surface area contributed by atoms with E-state index in [1.54, 1.807) is 7.11 Å². The van der Waals surface area contributed by atoms with Crippen molar-refractivity contribution in [1.29, 1.82) is 0 Å². The summed E-state index contributed by atoms with van der Waals surface area (Å²) < 4.78 is 5.63. The highest BCUT2D eigenvalue weighted by Crippen LogP contribution is 2.30. The summed E-state index contributed by atoms with van der Waals surface area (Å²) in [6.07, 6.45) is 2.29. The van der Waals surface area contributed by atoms with Gasteiger partial charge in [0.2, 0.25) is 0 Å². The Labute approximate surface area is 104 Å². The summed E-state index contributed by atoms with van der Waals surface area (Å²) in [6, 6.07) is 6.11. The van der Waals surface area contributed by atoms with E-state index in [4.69, 9.17) is 10.5 Å². The Balaban J connectivity index is 2.24. The highest BCUT2D eigenvalue weighted by atomic mass is 16.5. The van der Waals surface area contributed by atoms with Gasteiger partial charge in [0.1, 0.15) is 0 Å². The third kappa shape index (κ3) is 2.55. The van der Waals surface area contributed by atoms with E-state index in [9.17, 15) is 0 Å². The third-order valence-electron chi connectivity index (χ3n) is 3.73. The monoisotopic (exact) mass is 234 g/mol. The fourth-order valence-electron chi connectivity index (χ4n) is 2.55. The number of nitrogens with two attached hydrogens (primary N) is 1. The van der Waals surface area contributed by atoms with Crippen LogP contribution in [-0.4, -0.2) is 25.8 Å². The van der Waals surface area contributed by atoms with Gasteiger partial charge in [0, 0.05) is 31.6 Å². The Kier molecular flexibility index (Phi) is 3.29. The molecule has 3 nitrogen and oxygen atoms in total. The largest absolute Gasteiger partial charge is 0.399 e. The van der Waals surface area contributed by atoms with Crippen molar-refractivity contribution < 1.29 is 4.74 Å². The van der Waals surface area contributed by atoms with Crippen molar-refractivity contribution in [2.75, 3.05) is 30.8 Å². The molecule has 2 N–H and O–H groups in total. The Morgan fingerprint density at radius 3 is 2.88 bits per heavy atom. The average Bonchev–Trinajstić information content (AvgIpc) is 2.32. The van der Waals surface area contributed by atoms with Crippen LogP contribution in [0.15, 0.2) is 18.2 Å². The fourth-order valence-corrected chi connectivity index (χ4v) is 2.55. The molecule has 0 saturated carbocycles. The Bertz CT molecular complexity index is 405. The number of nitrogens with zero attached hydrogens (tertiary/aromatic N) is 1. The molecule has 0 spiro atoms. The molecule has 0 radical (unpaired) electrons. The number of ether oxygens (including phenoxy) is 1. The molecule has 2 rings (SSSR count). The molecule has 3 heteroatoms. The summed E-state index contributed by atoms with van der Waals surface area (Å²) in [5.41, 5.74) is 9.19. The molecule has 0 amide bonds. The average molecular weight is 234 g/mol. The van der Waals surface area contributed by atoms with E-state index in [2.05, 4.69) is 30.9 Å². The first-order valence-electron chi connectivity index (χ1n) is 6.20. The maximum absolute atomic E-state index is 5.88. The van der Waals surface area contributed by atoms with Gasteiger partial charge in [0.25, 0.3) is 0 Å². The van der Waals surface area contributed by atoms with Crippen LogP contribution in [0.4, 0.5) is 11.4 Å². The van der Waals surface area contributed by atoms with Gasteiger partial charge in [-0.05, 0) is 44.4 Å². The van der Waals surface area contributed by atoms with Crippen LogP contribution in [0.25, 0.3) is 0 Å². The number of rotatable bonds is 2. The molecule has 1 aromatic rings. The van der Waals surface area contributed by atoms with Gasteiger partial charge in [0.15, 0.2) is 0 Å². The van der Waals surface area contributed by atoms with Gasteiger partial charge in [-0.15, -0.1) is 0 Å². The number of nitrogen functional groups attached to an aromatic ring is 1. The first-order valence-corrected chi connectivity index (χ1v) is 6.20. The molecule has 1 aromatic carbocycles. The molecule has 1 unspecified atom stereocenters. The molecule has 17 heavy (non-hydrogen) atoms. The van der Waals surface area contributed by atoms with Gasteiger partial charge in [-0.3, -0.25) is 0 Å². The molecule has 1 fully saturated rings. The fraction of sp³-hybridized carbons (Fsp3) is 0.571. The standard InChI is InChI=1S/C14H22N2O/c1-11-5-6-12(15)9-13(11)16-8-4-7-14(2,10-16)17-3/h5-6,9H,4,7-8,10,15H2,1-3H3. The number of hydrogen-bond donors (Lipinski definition) is 1. The number of benzene rings is 1. The van der Waals surface area contributed by atoms with E-state index in [1.165, 1.54) is 17.7 Å². The van der Waals surface area contributed by atoms with Crippen LogP contribution >= 0.6 is 0 Å². The lowest BCUT2D eigenvalue weighted by Gasteiger charge is -2.41. The smallest absolute Gasteiger partial charge is 0.0825 e. The van der Waals surface area contributed by atoms with Gasteiger partial charge in [0.05, 0.1) is 5.60 Å². The van der Waals surface area contributed by atoms with Gasteiger partial charge >= 0.3 is 0 Å². The third-order valence-corrected chi connectivity index (χ3v) is 3.73. The predicted molar refractivity (Wildman–Crippen MR) is 72.5 cm³/mol. The summed E-state index contributed by atoms with van der Waals surface area (Å²) in [6.45, 7) is 6.34. The van der Waals surface area contributed by atoms with Crippen molar-refractivity contribution in [3.63, 3.8) is 0 Å². The molecular weight excluding hydrogens is 212 g/mol. The Hall–Kier alpha value is -1.22. The minimum atomic E-state index is -0.0324. The zero-order valence-electron chi connectivity index (χ0n) is 11.0. The molecule has 94 valence electrons. The van der Waals surface area contributed by atoms with E-state index in [1.807, 2.05) is 6.07 Å². The number of aryl methyl sites for hydroxylation is 1. The van der Waals surface area contributed by atoms with Crippen LogP contribution in [-0.2, 0) is 4.74 Å². The van der Waals surface area contributed by atoms with Gasteiger partial charge in [-0.1, -0.05) is 6.07 Å². The summed E-state index contributed by atoms with van der Waals surface area (Å²) >= 11 is 0. The van der Waals surface area contributed by atoms with Crippen LogP contribution in [0.2, 0.25) is 0 Å². The van der Waals surface area contributed by atoms with E-state index in [0.29, 0.717) is 0 Å². The van der Waals surface area contributed by atoms with E-state index < -0.39 is 0 Å². The molecule has 0 bridgehead atoms. The number of hydrogen-bond acceptors (Lipinski definition) is 3. The molecule has 1 aliphatic rings. The lowest BCUT2D eigenvalue weighted by atomic mass is 9.94. The second kappa shape index (κ2) is 4.57. The Morgan fingerprint density at radius 1 is 1.41 bits per heavy atom. The second-order valence-electron chi connectivity index (χ2n) is 5.23. The maximum atomic E-state index is 5.88. The lowest BCUT2D eigenvalue weighted by molar-refractivity contribution is -0.00467. The highest BCUT2D eigenvalue weighted by Gasteiger charge is 2.31. The van der Waals surface area contributed by atoms with Gasteiger partial charge < -0.3 is 15.4 Å². The van der Waals surface area contributed by atoms with Crippen molar-refractivity contribution in [2.24, 2.45) is 0 Å². The summed E-state index contributed by atoms with van der Waals surface area (Å²) in [5.74, 6) is 0. The van der Waals surface area contributed by atoms with Crippen LogP contribution in [0.5, 0.6) is 0 Å². The molecule has 1 aliphatic heterocycles. The van der Waals surface area contributed by atoms with Gasteiger partial charge in [-0.2, -0.15) is 0 Å². The van der Waals surface area contributed by atoms with Crippen molar-refractivity contribution in [3.05, 3.63) is 23.8 Å². The molecule has 0 aromatic heterocycles. The first-order chi connectivity index (χ1) is 8.04. The molecular formula is C14H22N2O. The molecule has 1 heterocycles. The van der Waals surface area contributed by atoms with Crippen LogP contribution in [0, 0.1) is 6.92 Å². The van der Waals surface area contributed by atoms with E-state index in [-0.39, 0.29) is 5.60 Å². The highest BCUT2D eigenvalue weighted by molar-refractivity contribution is 5.61. The van der Waals surface area contributed by atoms with Crippen molar-refractivity contribution >= 4 is 11.4 Å². The minimum absolute atomic E-state index is 0.0324. The quantitative estimate of drug-likeness (QED) is 0.799. The molecule has 1 atom stereocenters. The van der Waals surface area contributed by atoms with Crippen molar-refractivity contribution in [1.82, 2.24) is 0 Å². The summed E-state index contributed by atoms with van der Waals surface area (Å²) in [4.78, 5) is 2.39. The Morgan fingerprint density at radius 2 is 2.18 bits per heavy atom.